The lowest BCUT2D eigenvalue weighted by Gasteiger charge is -2.20. The fraction of sp³-hybridized carbons (Fsp3) is 0.667. The van der Waals surface area contributed by atoms with Crippen LogP contribution in [0.15, 0.2) is 18.2 Å². The molecule has 0 aromatic heterocycles. The van der Waals surface area contributed by atoms with Crippen molar-refractivity contribution >= 4 is 11.6 Å². The SMILES string of the molecule is Cc1cccc(C)c1NC(C)C(=O)NCCCCN1CCCCCC1. The fourth-order valence-electron chi connectivity index (χ4n) is 3.51. The summed E-state index contributed by atoms with van der Waals surface area (Å²) < 4.78 is 0. The van der Waals surface area contributed by atoms with E-state index >= 15 is 0 Å². The Morgan fingerprint density at radius 1 is 1.08 bits per heavy atom. The third kappa shape index (κ3) is 6.69. The van der Waals surface area contributed by atoms with E-state index < -0.39 is 0 Å². The zero-order chi connectivity index (χ0) is 18.1. The van der Waals surface area contributed by atoms with Gasteiger partial charge >= 0.3 is 0 Å². The Hall–Kier alpha value is -1.55. The molecule has 0 aliphatic carbocycles. The molecule has 1 amide bonds. The maximum absolute atomic E-state index is 12.3. The molecule has 2 N–H and O–H groups in total. The summed E-state index contributed by atoms with van der Waals surface area (Å²) >= 11 is 0. The average Bonchev–Trinajstić information content (AvgIpc) is 2.86. The van der Waals surface area contributed by atoms with Crippen LogP contribution in [0.5, 0.6) is 0 Å². The average molecular weight is 346 g/mol. The van der Waals surface area contributed by atoms with Crippen molar-refractivity contribution in [3.63, 3.8) is 0 Å². The van der Waals surface area contributed by atoms with Crippen molar-refractivity contribution in [2.45, 2.75) is 65.3 Å². The van der Waals surface area contributed by atoms with Gasteiger partial charge in [0.25, 0.3) is 0 Å². The summed E-state index contributed by atoms with van der Waals surface area (Å²) in [5.74, 6) is 0.0809. The van der Waals surface area contributed by atoms with Gasteiger partial charge in [0, 0.05) is 12.2 Å². The summed E-state index contributed by atoms with van der Waals surface area (Å²) in [5.41, 5.74) is 3.43. The molecule has 0 radical (unpaired) electrons. The smallest absolute Gasteiger partial charge is 0.242 e. The number of likely N-dealkylation sites (tertiary alicyclic amines) is 1. The highest BCUT2D eigenvalue weighted by Crippen LogP contribution is 2.20. The molecular weight excluding hydrogens is 310 g/mol. The van der Waals surface area contributed by atoms with Crippen LogP contribution >= 0.6 is 0 Å². The molecule has 2 rings (SSSR count). The largest absolute Gasteiger partial charge is 0.373 e. The summed E-state index contributed by atoms with van der Waals surface area (Å²) in [6.07, 6.45) is 7.68. The standard InChI is InChI=1S/C21H35N3O/c1-17-11-10-12-18(2)20(17)23-19(3)21(25)22-13-6-9-16-24-14-7-4-5-8-15-24/h10-12,19,23H,4-9,13-16H2,1-3H3,(H,22,25). The molecule has 1 aromatic carbocycles. The maximum atomic E-state index is 12.3. The highest BCUT2D eigenvalue weighted by atomic mass is 16.2. The molecule has 25 heavy (non-hydrogen) atoms. The number of carbonyl (C=O) groups excluding carboxylic acids is 1. The number of amides is 1. The van der Waals surface area contributed by atoms with Crippen LogP contribution in [0.2, 0.25) is 0 Å². The van der Waals surface area contributed by atoms with Crippen LogP contribution in [-0.2, 0) is 4.79 Å². The summed E-state index contributed by atoms with van der Waals surface area (Å²) in [5, 5.41) is 6.43. The van der Waals surface area contributed by atoms with Crippen LogP contribution in [0.1, 0.15) is 56.6 Å². The molecule has 1 saturated heterocycles. The Kier molecular flexibility index (Phi) is 8.26. The number of para-hydroxylation sites is 1. The first kappa shape index (κ1) is 19.8. The number of hydrogen-bond acceptors (Lipinski definition) is 3. The van der Waals surface area contributed by atoms with Gasteiger partial charge in [-0.05, 0) is 77.2 Å². The quantitative estimate of drug-likeness (QED) is 0.703. The predicted octanol–water partition coefficient (Wildman–Crippen LogP) is 3.88. The predicted molar refractivity (Wildman–Crippen MR) is 106 cm³/mol. The molecule has 1 fully saturated rings. The zero-order valence-corrected chi connectivity index (χ0v) is 16.2. The van der Waals surface area contributed by atoms with Crippen molar-refractivity contribution in [3.8, 4) is 0 Å². The minimum atomic E-state index is -0.217. The first-order valence-corrected chi connectivity index (χ1v) is 9.91. The minimum Gasteiger partial charge on any atom is -0.373 e. The Bertz CT molecular complexity index is 516. The molecule has 0 bridgehead atoms. The molecule has 1 unspecified atom stereocenters. The van der Waals surface area contributed by atoms with Crippen LogP contribution in [0.25, 0.3) is 0 Å². The molecule has 4 heteroatoms. The Morgan fingerprint density at radius 2 is 1.72 bits per heavy atom. The van der Waals surface area contributed by atoms with E-state index in [9.17, 15) is 4.79 Å². The summed E-state index contributed by atoms with van der Waals surface area (Å²) in [6, 6.07) is 5.97. The zero-order valence-electron chi connectivity index (χ0n) is 16.2. The van der Waals surface area contributed by atoms with E-state index in [1.807, 2.05) is 13.0 Å². The molecule has 140 valence electrons. The maximum Gasteiger partial charge on any atom is 0.242 e. The van der Waals surface area contributed by atoms with Crippen LogP contribution in [0, 0.1) is 13.8 Å². The van der Waals surface area contributed by atoms with E-state index in [2.05, 4.69) is 41.5 Å². The van der Waals surface area contributed by atoms with Gasteiger partial charge < -0.3 is 15.5 Å². The Labute approximate surface area is 153 Å². The van der Waals surface area contributed by atoms with Gasteiger partial charge in [-0.25, -0.2) is 0 Å². The lowest BCUT2D eigenvalue weighted by atomic mass is 10.1. The number of carbonyl (C=O) groups is 1. The van der Waals surface area contributed by atoms with Crippen LogP contribution in [-0.4, -0.2) is 43.0 Å². The lowest BCUT2D eigenvalue weighted by molar-refractivity contribution is -0.121. The molecule has 1 heterocycles. The molecule has 1 aliphatic rings. The number of rotatable bonds is 8. The second-order valence-electron chi connectivity index (χ2n) is 7.39. The van der Waals surface area contributed by atoms with Gasteiger partial charge in [0.1, 0.15) is 6.04 Å². The molecule has 1 aliphatic heterocycles. The van der Waals surface area contributed by atoms with Crippen molar-refractivity contribution in [1.29, 1.82) is 0 Å². The topological polar surface area (TPSA) is 44.4 Å². The number of aryl methyl sites for hydroxylation is 2. The third-order valence-electron chi connectivity index (χ3n) is 5.13. The molecule has 1 aromatic rings. The number of nitrogens with one attached hydrogen (secondary N) is 2. The van der Waals surface area contributed by atoms with E-state index in [0.29, 0.717) is 0 Å². The van der Waals surface area contributed by atoms with Crippen molar-refractivity contribution < 1.29 is 4.79 Å². The van der Waals surface area contributed by atoms with Gasteiger partial charge in [0.2, 0.25) is 5.91 Å². The summed E-state index contributed by atoms with van der Waals surface area (Å²) in [7, 11) is 0. The molecule has 0 saturated carbocycles. The summed E-state index contributed by atoms with van der Waals surface area (Å²) in [4.78, 5) is 14.9. The van der Waals surface area contributed by atoms with Crippen LogP contribution < -0.4 is 10.6 Å². The second kappa shape index (κ2) is 10.4. The van der Waals surface area contributed by atoms with E-state index in [-0.39, 0.29) is 11.9 Å². The van der Waals surface area contributed by atoms with Gasteiger partial charge in [-0.15, -0.1) is 0 Å². The number of unbranched alkanes of at least 4 members (excludes halogenated alkanes) is 1. The van der Waals surface area contributed by atoms with Crippen molar-refractivity contribution in [2.75, 3.05) is 31.5 Å². The Morgan fingerprint density at radius 3 is 2.36 bits per heavy atom. The van der Waals surface area contributed by atoms with E-state index in [1.165, 1.54) is 62.9 Å². The fourth-order valence-corrected chi connectivity index (χ4v) is 3.51. The van der Waals surface area contributed by atoms with Gasteiger partial charge in [-0.2, -0.15) is 0 Å². The minimum absolute atomic E-state index is 0.0809. The first-order valence-electron chi connectivity index (χ1n) is 9.91. The van der Waals surface area contributed by atoms with Crippen LogP contribution in [0.3, 0.4) is 0 Å². The number of anilines is 1. The summed E-state index contributed by atoms with van der Waals surface area (Å²) in [6.45, 7) is 10.5. The van der Waals surface area contributed by atoms with Gasteiger partial charge in [-0.3, -0.25) is 4.79 Å². The third-order valence-corrected chi connectivity index (χ3v) is 5.13. The van der Waals surface area contributed by atoms with Crippen molar-refractivity contribution in [1.82, 2.24) is 10.2 Å². The highest BCUT2D eigenvalue weighted by Gasteiger charge is 2.14. The number of hydrogen-bond donors (Lipinski definition) is 2. The van der Waals surface area contributed by atoms with Crippen molar-refractivity contribution in [2.24, 2.45) is 0 Å². The van der Waals surface area contributed by atoms with E-state index in [1.54, 1.807) is 0 Å². The molecule has 1 atom stereocenters. The van der Waals surface area contributed by atoms with Gasteiger partial charge in [0.05, 0.1) is 0 Å². The lowest BCUT2D eigenvalue weighted by Crippen LogP contribution is -2.38. The Balaban J connectivity index is 1.64. The molecule has 4 nitrogen and oxygen atoms in total. The van der Waals surface area contributed by atoms with Crippen molar-refractivity contribution in [3.05, 3.63) is 29.3 Å². The second-order valence-corrected chi connectivity index (χ2v) is 7.39. The molecular formula is C21H35N3O. The number of benzene rings is 1. The van der Waals surface area contributed by atoms with E-state index in [4.69, 9.17) is 0 Å². The van der Waals surface area contributed by atoms with E-state index in [0.717, 1.165) is 18.7 Å². The number of nitrogens with zero attached hydrogens (tertiary/aromatic N) is 1. The van der Waals surface area contributed by atoms with Gasteiger partial charge in [-0.1, -0.05) is 31.0 Å². The monoisotopic (exact) mass is 345 g/mol. The molecule has 0 spiro atoms. The first-order chi connectivity index (χ1) is 12.1. The van der Waals surface area contributed by atoms with Gasteiger partial charge in [0.15, 0.2) is 0 Å². The van der Waals surface area contributed by atoms with Crippen LogP contribution in [0.4, 0.5) is 5.69 Å². The highest BCUT2D eigenvalue weighted by molar-refractivity contribution is 5.84. The normalized spacial score (nSPS) is 16.9.